The highest BCUT2D eigenvalue weighted by Gasteiger charge is 2.13. The van der Waals surface area contributed by atoms with E-state index in [9.17, 15) is 0 Å². The van der Waals surface area contributed by atoms with Crippen LogP contribution in [0.1, 0.15) is 37.9 Å². The van der Waals surface area contributed by atoms with Gasteiger partial charge in [0.25, 0.3) is 0 Å². The minimum absolute atomic E-state index is 0.0925. The standard InChI is InChI=1S/C11H18N2/c1-8(12)9-4-6-10(7-5-9)11(2,3)13/h4-8H,12-13H2,1-3H3. The molecule has 0 heterocycles. The van der Waals surface area contributed by atoms with E-state index in [1.165, 1.54) is 0 Å². The molecule has 0 aliphatic carbocycles. The molecule has 72 valence electrons. The van der Waals surface area contributed by atoms with Gasteiger partial charge in [-0.25, -0.2) is 0 Å². The summed E-state index contributed by atoms with van der Waals surface area (Å²) in [5.41, 5.74) is 13.7. The van der Waals surface area contributed by atoms with Gasteiger partial charge in [-0.05, 0) is 31.9 Å². The van der Waals surface area contributed by atoms with Gasteiger partial charge in [-0.2, -0.15) is 0 Å². The minimum Gasteiger partial charge on any atom is -0.324 e. The number of hydrogen-bond acceptors (Lipinski definition) is 2. The summed E-state index contributed by atoms with van der Waals surface area (Å²) >= 11 is 0. The molecule has 1 aromatic carbocycles. The quantitative estimate of drug-likeness (QED) is 0.726. The van der Waals surface area contributed by atoms with Crippen LogP contribution in [0, 0.1) is 0 Å². The van der Waals surface area contributed by atoms with Crippen molar-refractivity contribution in [3.05, 3.63) is 35.4 Å². The predicted molar refractivity (Wildman–Crippen MR) is 56.3 cm³/mol. The Balaban J connectivity index is 2.94. The molecule has 1 rings (SSSR count). The molecule has 1 atom stereocenters. The first-order valence-electron chi connectivity index (χ1n) is 4.56. The number of rotatable bonds is 2. The maximum absolute atomic E-state index is 5.95. The van der Waals surface area contributed by atoms with Crippen LogP contribution < -0.4 is 11.5 Å². The Morgan fingerprint density at radius 1 is 1.15 bits per heavy atom. The van der Waals surface area contributed by atoms with E-state index in [1.54, 1.807) is 0 Å². The predicted octanol–water partition coefficient (Wildman–Crippen LogP) is 1.90. The highest BCUT2D eigenvalue weighted by Crippen LogP contribution is 2.18. The first-order valence-corrected chi connectivity index (χ1v) is 4.56. The zero-order valence-electron chi connectivity index (χ0n) is 8.54. The van der Waals surface area contributed by atoms with Crippen molar-refractivity contribution in [2.45, 2.75) is 32.4 Å². The Hall–Kier alpha value is -0.860. The fraction of sp³-hybridized carbons (Fsp3) is 0.455. The fourth-order valence-electron chi connectivity index (χ4n) is 1.22. The van der Waals surface area contributed by atoms with E-state index in [4.69, 9.17) is 11.5 Å². The summed E-state index contributed by atoms with van der Waals surface area (Å²) in [7, 11) is 0. The van der Waals surface area contributed by atoms with Gasteiger partial charge in [0.2, 0.25) is 0 Å². The normalized spacial score (nSPS) is 14.2. The maximum atomic E-state index is 5.95. The van der Waals surface area contributed by atoms with Gasteiger partial charge in [-0.1, -0.05) is 24.3 Å². The third-order valence-corrected chi connectivity index (χ3v) is 2.18. The molecule has 0 saturated heterocycles. The van der Waals surface area contributed by atoms with Crippen molar-refractivity contribution in [1.29, 1.82) is 0 Å². The van der Waals surface area contributed by atoms with Gasteiger partial charge >= 0.3 is 0 Å². The molecule has 2 heteroatoms. The van der Waals surface area contributed by atoms with Crippen LogP contribution in [0.15, 0.2) is 24.3 Å². The monoisotopic (exact) mass is 178 g/mol. The van der Waals surface area contributed by atoms with Crippen LogP contribution in [-0.2, 0) is 5.54 Å². The van der Waals surface area contributed by atoms with E-state index in [0.717, 1.165) is 11.1 Å². The molecule has 0 aliphatic rings. The van der Waals surface area contributed by atoms with Crippen LogP contribution in [0.2, 0.25) is 0 Å². The molecule has 0 aromatic heterocycles. The first-order chi connectivity index (χ1) is 5.91. The number of hydrogen-bond donors (Lipinski definition) is 2. The van der Waals surface area contributed by atoms with Crippen LogP contribution in [0.5, 0.6) is 0 Å². The van der Waals surface area contributed by atoms with Crippen LogP contribution >= 0.6 is 0 Å². The Morgan fingerprint density at radius 3 is 1.92 bits per heavy atom. The van der Waals surface area contributed by atoms with E-state index in [2.05, 4.69) is 0 Å². The van der Waals surface area contributed by atoms with E-state index >= 15 is 0 Å². The van der Waals surface area contributed by atoms with E-state index < -0.39 is 0 Å². The van der Waals surface area contributed by atoms with Gasteiger partial charge in [-0.3, -0.25) is 0 Å². The summed E-state index contributed by atoms with van der Waals surface area (Å²) in [4.78, 5) is 0. The summed E-state index contributed by atoms with van der Waals surface area (Å²) < 4.78 is 0. The number of benzene rings is 1. The second-order valence-corrected chi connectivity index (χ2v) is 4.13. The smallest absolute Gasteiger partial charge is 0.0352 e. The van der Waals surface area contributed by atoms with Crippen molar-refractivity contribution in [1.82, 2.24) is 0 Å². The average Bonchev–Trinajstić information content (AvgIpc) is 2.03. The molecule has 4 N–H and O–H groups in total. The van der Waals surface area contributed by atoms with Gasteiger partial charge in [-0.15, -0.1) is 0 Å². The van der Waals surface area contributed by atoms with E-state index in [1.807, 2.05) is 45.0 Å². The summed E-state index contributed by atoms with van der Waals surface area (Å²) in [6.07, 6.45) is 0. The van der Waals surface area contributed by atoms with Crippen LogP contribution in [0.25, 0.3) is 0 Å². The highest BCUT2D eigenvalue weighted by atomic mass is 14.7. The Bertz CT molecular complexity index is 267. The van der Waals surface area contributed by atoms with E-state index in [-0.39, 0.29) is 11.6 Å². The van der Waals surface area contributed by atoms with Gasteiger partial charge in [0.15, 0.2) is 0 Å². The van der Waals surface area contributed by atoms with Crippen LogP contribution in [-0.4, -0.2) is 0 Å². The molecule has 0 amide bonds. The lowest BCUT2D eigenvalue weighted by Gasteiger charge is -2.19. The molecular weight excluding hydrogens is 160 g/mol. The van der Waals surface area contributed by atoms with Crippen molar-refractivity contribution in [2.75, 3.05) is 0 Å². The van der Waals surface area contributed by atoms with Crippen LogP contribution in [0.3, 0.4) is 0 Å². The molecule has 1 aromatic rings. The largest absolute Gasteiger partial charge is 0.324 e. The Labute approximate surface area is 79.9 Å². The zero-order chi connectivity index (χ0) is 10.1. The third-order valence-electron chi connectivity index (χ3n) is 2.18. The lowest BCUT2D eigenvalue weighted by Crippen LogP contribution is -2.28. The SMILES string of the molecule is CC(N)c1ccc(C(C)(C)N)cc1. The van der Waals surface area contributed by atoms with Crippen molar-refractivity contribution in [3.63, 3.8) is 0 Å². The van der Waals surface area contributed by atoms with E-state index in [0.29, 0.717) is 0 Å². The van der Waals surface area contributed by atoms with Crippen LogP contribution in [0.4, 0.5) is 0 Å². The second-order valence-electron chi connectivity index (χ2n) is 4.13. The molecule has 2 nitrogen and oxygen atoms in total. The molecule has 0 aliphatic heterocycles. The summed E-state index contributed by atoms with van der Waals surface area (Å²) in [6, 6.07) is 8.25. The molecule has 13 heavy (non-hydrogen) atoms. The molecule has 1 unspecified atom stereocenters. The molecule has 0 radical (unpaired) electrons. The highest BCUT2D eigenvalue weighted by molar-refractivity contribution is 5.28. The van der Waals surface area contributed by atoms with Crippen molar-refractivity contribution >= 4 is 0 Å². The zero-order valence-corrected chi connectivity index (χ0v) is 8.54. The fourth-order valence-corrected chi connectivity index (χ4v) is 1.22. The Kier molecular flexibility index (Phi) is 2.74. The van der Waals surface area contributed by atoms with Crippen molar-refractivity contribution in [3.8, 4) is 0 Å². The summed E-state index contributed by atoms with van der Waals surface area (Å²) in [6.45, 7) is 5.96. The average molecular weight is 178 g/mol. The summed E-state index contributed by atoms with van der Waals surface area (Å²) in [5, 5.41) is 0. The minimum atomic E-state index is -0.267. The van der Waals surface area contributed by atoms with Gasteiger partial charge < -0.3 is 11.5 Å². The van der Waals surface area contributed by atoms with Gasteiger partial charge in [0.05, 0.1) is 0 Å². The maximum Gasteiger partial charge on any atom is 0.0352 e. The van der Waals surface area contributed by atoms with Crippen molar-refractivity contribution in [2.24, 2.45) is 11.5 Å². The first kappa shape index (κ1) is 10.2. The molecule has 0 saturated carbocycles. The second kappa shape index (κ2) is 3.48. The molecule has 0 bridgehead atoms. The molecular formula is C11H18N2. The topological polar surface area (TPSA) is 52.0 Å². The third kappa shape index (κ3) is 2.54. The molecule has 0 spiro atoms. The summed E-state index contributed by atoms with van der Waals surface area (Å²) in [5.74, 6) is 0. The molecule has 0 fully saturated rings. The van der Waals surface area contributed by atoms with Gasteiger partial charge in [0, 0.05) is 11.6 Å². The lowest BCUT2D eigenvalue weighted by atomic mass is 9.94. The number of nitrogens with two attached hydrogens (primary N) is 2. The van der Waals surface area contributed by atoms with Gasteiger partial charge in [0.1, 0.15) is 0 Å². The van der Waals surface area contributed by atoms with Crippen molar-refractivity contribution < 1.29 is 0 Å². The lowest BCUT2D eigenvalue weighted by molar-refractivity contribution is 0.554. The Morgan fingerprint density at radius 2 is 1.62 bits per heavy atom.